The molecule has 2 heterocycles. The molecule has 1 aliphatic rings. The van der Waals surface area contributed by atoms with E-state index in [-0.39, 0.29) is 24.1 Å². The van der Waals surface area contributed by atoms with Crippen molar-refractivity contribution in [2.75, 3.05) is 12.4 Å². The number of hydrogen-bond donors (Lipinski definition) is 2. The maximum atomic E-state index is 12.3. The summed E-state index contributed by atoms with van der Waals surface area (Å²) < 4.78 is 0. The van der Waals surface area contributed by atoms with Crippen LogP contribution in [0.5, 0.6) is 0 Å². The number of halogens is 1. The van der Waals surface area contributed by atoms with Crippen molar-refractivity contribution >= 4 is 35.1 Å². The maximum Gasteiger partial charge on any atom is 0.293 e. The van der Waals surface area contributed by atoms with E-state index in [4.69, 9.17) is 17.3 Å². The Morgan fingerprint density at radius 1 is 1.37 bits per heavy atom. The summed E-state index contributed by atoms with van der Waals surface area (Å²) in [7, 11) is 1.60. The van der Waals surface area contributed by atoms with E-state index in [0.29, 0.717) is 17.1 Å². The molecule has 0 bridgehead atoms. The van der Waals surface area contributed by atoms with Gasteiger partial charge in [-0.25, -0.2) is 15.0 Å². The smallest absolute Gasteiger partial charge is 0.293 e. The number of aromatic nitrogens is 2. The molecular formula is C18H19ClN6O2. The largest absolute Gasteiger partial charge is 0.369 e. The van der Waals surface area contributed by atoms with Gasteiger partial charge in [-0.3, -0.25) is 14.5 Å². The molecule has 3 N–H and O–H groups in total. The Hall–Kier alpha value is -3.00. The summed E-state index contributed by atoms with van der Waals surface area (Å²) in [5.41, 5.74) is 6.50. The second-order valence-corrected chi connectivity index (χ2v) is 6.68. The van der Waals surface area contributed by atoms with Gasteiger partial charge in [0, 0.05) is 25.1 Å². The summed E-state index contributed by atoms with van der Waals surface area (Å²) in [6, 6.07) is 7.18. The third-order valence-electron chi connectivity index (χ3n) is 4.56. The molecule has 0 saturated heterocycles. The average molecular weight is 387 g/mol. The van der Waals surface area contributed by atoms with Crippen LogP contribution in [0.2, 0.25) is 5.02 Å². The van der Waals surface area contributed by atoms with Gasteiger partial charge in [0.25, 0.3) is 5.91 Å². The number of nitrogens with one attached hydrogen (secondary N) is 1. The van der Waals surface area contributed by atoms with Crippen LogP contribution in [0.25, 0.3) is 0 Å². The maximum absolute atomic E-state index is 12.3. The Morgan fingerprint density at radius 3 is 2.70 bits per heavy atom. The number of carbonyl (C=O) groups excluding carboxylic acids is 2. The molecule has 140 valence electrons. The van der Waals surface area contributed by atoms with E-state index in [9.17, 15) is 9.59 Å². The van der Waals surface area contributed by atoms with E-state index in [2.05, 4.69) is 20.3 Å². The molecule has 9 heteroatoms. The van der Waals surface area contributed by atoms with Crippen LogP contribution < -0.4 is 11.1 Å². The summed E-state index contributed by atoms with van der Waals surface area (Å²) in [5.74, 6) is -0.381. The first-order valence-electron chi connectivity index (χ1n) is 8.36. The van der Waals surface area contributed by atoms with Gasteiger partial charge in [0.05, 0.1) is 17.0 Å². The highest BCUT2D eigenvalue weighted by molar-refractivity contribution is 6.30. The summed E-state index contributed by atoms with van der Waals surface area (Å²) in [6.07, 6.45) is 3.50. The van der Waals surface area contributed by atoms with E-state index >= 15 is 0 Å². The topological polar surface area (TPSA) is 114 Å². The van der Waals surface area contributed by atoms with Crippen molar-refractivity contribution in [1.29, 1.82) is 0 Å². The van der Waals surface area contributed by atoms with E-state index in [1.54, 1.807) is 25.2 Å². The number of carbonyl (C=O) groups is 2. The van der Waals surface area contributed by atoms with Crippen LogP contribution in [0.1, 0.15) is 35.9 Å². The van der Waals surface area contributed by atoms with Crippen LogP contribution in [-0.2, 0) is 10.3 Å². The molecule has 0 aliphatic carbocycles. The van der Waals surface area contributed by atoms with Gasteiger partial charge in [0.2, 0.25) is 11.7 Å². The number of aliphatic imine (C=N–C) groups is 1. The van der Waals surface area contributed by atoms with Crippen LogP contribution in [0.3, 0.4) is 0 Å². The number of hydrogen-bond acceptors (Lipinski definition) is 6. The van der Waals surface area contributed by atoms with E-state index < -0.39 is 11.4 Å². The minimum absolute atomic E-state index is 0.00624. The lowest BCUT2D eigenvalue weighted by Crippen LogP contribution is -2.48. The Labute approximate surface area is 161 Å². The highest BCUT2D eigenvalue weighted by Gasteiger charge is 2.38. The fourth-order valence-electron chi connectivity index (χ4n) is 2.91. The molecule has 1 atom stereocenters. The first-order valence-corrected chi connectivity index (χ1v) is 8.74. The predicted molar refractivity (Wildman–Crippen MR) is 102 cm³/mol. The molecule has 0 spiro atoms. The second kappa shape index (κ2) is 7.32. The highest BCUT2D eigenvalue weighted by Crippen LogP contribution is 2.37. The van der Waals surface area contributed by atoms with E-state index in [0.717, 1.165) is 5.56 Å². The Morgan fingerprint density at radius 2 is 2.07 bits per heavy atom. The molecule has 2 amide bonds. The standard InChI is InChI=1S/C18H19ClN6O2/c1-3-18(8-14(26)25(2)17(20)24-18)11-5-4-6-13(7-11)23-16(27)15-21-9-12(19)10-22-15/h4-7,9-10H,3,8H2,1-2H3,(H2,20,24)(H,23,27)/t18-/m0/s1. The zero-order valence-electron chi connectivity index (χ0n) is 14.9. The van der Waals surface area contributed by atoms with Gasteiger partial charge in [-0.05, 0) is 24.1 Å². The molecule has 2 aromatic rings. The number of nitrogens with zero attached hydrogens (tertiary/aromatic N) is 4. The van der Waals surface area contributed by atoms with Crippen molar-refractivity contribution in [3.63, 3.8) is 0 Å². The average Bonchev–Trinajstić information content (AvgIpc) is 2.66. The molecule has 0 unspecified atom stereocenters. The van der Waals surface area contributed by atoms with Gasteiger partial charge in [0.1, 0.15) is 0 Å². The lowest BCUT2D eigenvalue weighted by molar-refractivity contribution is -0.128. The molecule has 8 nitrogen and oxygen atoms in total. The molecule has 1 aliphatic heterocycles. The van der Waals surface area contributed by atoms with Crippen molar-refractivity contribution in [1.82, 2.24) is 14.9 Å². The van der Waals surface area contributed by atoms with Crippen molar-refractivity contribution in [3.05, 3.63) is 53.1 Å². The summed E-state index contributed by atoms with van der Waals surface area (Å²) in [4.78, 5) is 38.3. The van der Waals surface area contributed by atoms with Gasteiger partial charge in [-0.15, -0.1) is 0 Å². The molecule has 27 heavy (non-hydrogen) atoms. The summed E-state index contributed by atoms with van der Waals surface area (Å²) in [5, 5.41) is 3.10. The number of nitrogens with two attached hydrogens (primary N) is 1. The van der Waals surface area contributed by atoms with Crippen LogP contribution in [0.4, 0.5) is 5.69 Å². The Kier molecular flexibility index (Phi) is 5.09. The third kappa shape index (κ3) is 3.75. The molecule has 1 aromatic carbocycles. The lowest BCUT2D eigenvalue weighted by atomic mass is 9.83. The zero-order chi connectivity index (χ0) is 19.6. The molecule has 3 rings (SSSR count). The fraction of sp³-hybridized carbons (Fsp3) is 0.278. The van der Waals surface area contributed by atoms with Gasteiger partial charge < -0.3 is 11.1 Å². The van der Waals surface area contributed by atoms with Crippen molar-refractivity contribution < 1.29 is 9.59 Å². The quantitative estimate of drug-likeness (QED) is 0.835. The van der Waals surface area contributed by atoms with Crippen molar-refractivity contribution in [2.45, 2.75) is 25.3 Å². The predicted octanol–water partition coefficient (Wildman–Crippen LogP) is 2.16. The minimum Gasteiger partial charge on any atom is -0.369 e. The first-order chi connectivity index (χ1) is 12.8. The second-order valence-electron chi connectivity index (χ2n) is 6.24. The van der Waals surface area contributed by atoms with Gasteiger partial charge in [0.15, 0.2) is 5.96 Å². The van der Waals surface area contributed by atoms with E-state index in [1.165, 1.54) is 17.3 Å². The van der Waals surface area contributed by atoms with Crippen molar-refractivity contribution in [2.24, 2.45) is 10.7 Å². The number of benzene rings is 1. The summed E-state index contributed by atoms with van der Waals surface area (Å²) >= 11 is 5.74. The van der Waals surface area contributed by atoms with E-state index in [1.807, 2.05) is 13.0 Å². The Bertz CT molecular complexity index is 914. The van der Waals surface area contributed by atoms with Crippen molar-refractivity contribution in [3.8, 4) is 0 Å². The zero-order valence-corrected chi connectivity index (χ0v) is 15.7. The van der Waals surface area contributed by atoms with Crippen LogP contribution in [0.15, 0.2) is 41.7 Å². The monoisotopic (exact) mass is 386 g/mol. The van der Waals surface area contributed by atoms with Crippen LogP contribution in [-0.4, -0.2) is 39.7 Å². The van der Waals surface area contributed by atoms with Crippen LogP contribution >= 0.6 is 11.6 Å². The molecular weight excluding hydrogens is 368 g/mol. The van der Waals surface area contributed by atoms with Gasteiger partial charge >= 0.3 is 0 Å². The SMILES string of the molecule is CC[C@@]1(c2cccc(NC(=O)c3ncc(Cl)cn3)c2)CC(=O)N(C)C(N)=N1. The molecule has 0 saturated carbocycles. The molecule has 0 fully saturated rings. The normalized spacial score (nSPS) is 19.6. The lowest BCUT2D eigenvalue weighted by Gasteiger charge is -2.36. The number of guanidine groups is 1. The van der Waals surface area contributed by atoms with Gasteiger partial charge in [-0.1, -0.05) is 30.7 Å². The highest BCUT2D eigenvalue weighted by atomic mass is 35.5. The fourth-order valence-corrected chi connectivity index (χ4v) is 3.01. The van der Waals surface area contributed by atoms with Crippen LogP contribution in [0, 0.1) is 0 Å². The molecule has 0 radical (unpaired) electrons. The molecule has 1 aromatic heterocycles. The van der Waals surface area contributed by atoms with Gasteiger partial charge in [-0.2, -0.15) is 0 Å². The Balaban J connectivity index is 1.89. The minimum atomic E-state index is -0.759. The summed E-state index contributed by atoms with van der Waals surface area (Å²) in [6.45, 7) is 1.95. The number of rotatable bonds is 4. The number of amides is 2. The number of anilines is 1. The first kappa shape index (κ1) is 18.8. The third-order valence-corrected chi connectivity index (χ3v) is 4.75.